The van der Waals surface area contributed by atoms with Crippen LogP contribution >= 0.6 is 0 Å². The van der Waals surface area contributed by atoms with E-state index in [1.54, 1.807) is 0 Å². The largest absolute Gasteiger partial charge is 0.455 e. The van der Waals surface area contributed by atoms with E-state index in [2.05, 4.69) is 144 Å². The molecular weight excluding hydrogens is 699 g/mol. The van der Waals surface area contributed by atoms with Crippen LogP contribution in [-0.4, -0.2) is 9.97 Å². The van der Waals surface area contributed by atoms with E-state index in [-0.39, 0.29) is 0 Å². The Balaban J connectivity index is 1.08. The van der Waals surface area contributed by atoms with Crippen LogP contribution < -0.4 is 4.90 Å². The van der Waals surface area contributed by atoms with E-state index in [0.29, 0.717) is 17.1 Å². The molecule has 0 radical (unpaired) electrons. The number of hydrogen-bond acceptors (Lipinski definition) is 5. The van der Waals surface area contributed by atoms with E-state index in [4.69, 9.17) is 18.8 Å². The summed E-state index contributed by atoms with van der Waals surface area (Å²) in [6.07, 6.45) is 0. The van der Waals surface area contributed by atoms with Crippen molar-refractivity contribution in [2.45, 2.75) is 0 Å². The fraction of sp³-hybridized carbons (Fsp3) is 0. The summed E-state index contributed by atoms with van der Waals surface area (Å²) in [5.41, 5.74) is 12.2. The summed E-state index contributed by atoms with van der Waals surface area (Å²) in [5.74, 6) is 0.623. The standard InChI is InChI=1S/C52H29N3O2/c1-2-13-32-29-44-41(28-31(32)12-1)36-20-9-14-30-15-10-23-43(47(30)36)55(44)42-27-26-38(33-16-3-4-17-34(33)42)52-53-48-39-19-6-8-25-46(39)57-51(48)49(54-52)40-22-11-21-37-35-18-5-7-24-45(35)56-50(37)40/h1-29H. The number of nitrogens with zero attached hydrogens (tertiary/aromatic N) is 3. The van der Waals surface area contributed by atoms with Crippen LogP contribution in [0.25, 0.3) is 110 Å². The zero-order chi connectivity index (χ0) is 37.2. The van der Waals surface area contributed by atoms with Crippen molar-refractivity contribution in [3.63, 3.8) is 0 Å². The summed E-state index contributed by atoms with van der Waals surface area (Å²) >= 11 is 0. The van der Waals surface area contributed by atoms with E-state index in [9.17, 15) is 0 Å². The molecule has 0 spiro atoms. The van der Waals surface area contributed by atoms with Crippen molar-refractivity contribution in [2.75, 3.05) is 4.90 Å². The lowest BCUT2D eigenvalue weighted by Crippen LogP contribution is -2.15. The van der Waals surface area contributed by atoms with Crippen molar-refractivity contribution in [2.24, 2.45) is 0 Å². The summed E-state index contributed by atoms with van der Waals surface area (Å²) < 4.78 is 13.1. The number of benzene rings is 9. The minimum atomic E-state index is 0.623. The van der Waals surface area contributed by atoms with E-state index >= 15 is 0 Å². The molecule has 0 aliphatic carbocycles. The second-order valence-electron chi connectivity index (χ2n) is 14.9. The van der Waals surface area contributed by atoms with Crippen LogP contribution in [0, 0.1) is 0 Å². The molecule has 0 saturated carbocycles. The Labute approximate surface area is 325 Å². The molecule has 4 heterocycles. The van der Waals surface area contributed by atoms with Crippen molar-refractivity contribution in [1.29, 1.82) is 0 Å². The summed E-state index contributed by atoms with van der Waals surface area (Å²) in [4.78, 5) is 13.2. The highest BCUT2D eigenvalue weighted by molar-refractivity contribution is 6.19. The number of fused-ring (bicyclic) bond motifs is 10. The SMILES string of the molecule is c1ccc2cc3c(cc2c1)-c1cccc2cccc(c12)N3c1ccc(-c2nc(-c3cccc4c3oc3ccccc34)c3oc4ccccc4c3n2)c2ccccc12. The minimum Gasteiger partial charge on any atom is -0.455 e. The number of para-hydroxylation sites is 3. The van der Waals surface area contributed by atoms with Gasteiger partial charge in [-0.15, -0.1) is 0 Å². The second-order valence-corrected chi connectivity index (χ2v) is 14.9. The van der Waals surface area contributed by atoms with Gasteiger partial charge in [-0.2, -0.15) is 0 Å². The van der Waals surface area contributed by atoms with Crippen LogP contribution in [-0.2, 0) is 0 Å². The predicted molar refractivity (Wildman–Crippen MR) is 234 cm³/mol. The number of furan rings is 2. The maximum absolute atomic E-state index is 6.58. The molecule has 9 aromatic carbocycles. The first-order chi connectivity index (χ1) is 28.3. The average Bonchev–Trinajstić information content (AvgIpc) is 3.84. The molecule has 0 N–H and O–H groups in total. The molecule has 0 amide bonds. The lowest BCUT2D eigenvalue weighted by molar-refractivity contribution is 0.663. The molecule has 0 bridgehead atoms. The van der Waals surface area contributed by atoms with Gasteiger partial charge in [0.05, 0.1) is 17.1 Å². The molecule has 1 aliphatic heterocycles. The fourth-order valence-electron chi connectivity index (χ4n) is 9.25. The Morgan fingerprint density at radius 1 is 0.368 bits per heavy atom. The minimum absolute atomic E-state index is 0.623. The molecule has 12 aromatic rings. The monoisotopic (exact) mass is 727 g/mol. The Hall–Kier alpha value is -7.76. The summed E-state index contributed by atoms with van der Waals surface area (Å²) in [5, 5.41) is 10.1. The van der Waals surface area contributed by atoms with Gasteiger partial charge in [-0.25, -0.2) is 9.97 Å². The van der Waals surface area contributed by atoms with Gasteiger partial charge in [0.1, 0.15) is 28.0 Å². The maximum atomic E-state index is 6.58. The Morgan fingerprint density at radius 2 is 1.00 bits per heavy atom. The number of aromatic nitrogens is 2. The van der Waals surface area contributed by atoms with Gasteiger partial charge < -0.3 is 13.7 Å². The molecule has 5 nitrogen and oxygen atoms in total. The van der Waals surface area contributed by atoms with Gasteiger partial charge in [0.25, 0.3) is 0 Å². The zero-order valence-electron chi connectivity index (χ0n) is 30.4. The van der Waals surface area contributed by atoms with E-state index < -0.39 is 0 Å². The Bertz CT molecular complexity index is 3670. The Morgan fingerprint density at radius 3 is 1.86 bits per heavy atom. The molecular formula is C52H29N3O2. The van der Waals surface area contributed by atoms with Crippen molar-refractivity contribution < 1.29 is 8.83 Å². The molecule has 3 aromatic heterocycles. The van der Waals surface area contributed by atoms with Gasteiger partial charge >= 0.3 is 0 Å². The van der Waals surface area contributed by atoms with Gasteiger partial charge in [0.15, 0.2) is 11.4 Å². The van der Waals surface area contributed by atoms with E-state index in [1.165, 1.54) is 32.7 Å². The van der Waals surface area contributed by atoms with E-state index in [1.807, 2.05) is 36.4 Å². The topological polar surface area (TPSA) is 55.3 Å². The normalized spacial score (nSPS) is 12.5. The molecule has 1 aliphatic rings. The molecule has 0 saturated heterocycles. The predicted octanol–water partition coefficient (Wildman–Crippen LogP) is 14.5. The quantitative estimate of drug-likeness (QED) is 0.181. The molecule has 264 valence electrons. The lowest BCUT2D eigenvalue weighted by atomic mass is 9.88. The Kier molecular flexibility index (Phi) is 6.10. The van der Waals surface area contributed by atoms with Crippen LogP contribution in [0.5, 0.6) is 0 Å². The average molecular weight is 728 g/mol. The van der Waals surface area contributed by atoms with Crippen LogP contribution in [0.1, 0.15) is 0 Å². The third-order valence-corrected chi connectivity index (χ3v) is 11.8. The first kappa shape index (κ1) is 30.6. The lowest BCUT2D eigenvalue weighted by Gasteiger charge is -2.34. The van der Waals surface area contributed by atoms with Gasteiger partial charge in [0.2, 0.25) is 0 Å². The van der Waals surface area contributed by atoms with Gasteiger partial charge in [0, 0.05) is 43.6 Å². The highest BCUT2D eigenvalue weighted by atomic mass is 16.3. The smallest absolute Gasteiger partial charge is 0.180 e. The number of hydrogen-bond donors (Lipinski definition) is 0. The van der Waals surface area contributed by atoms with Gasteiger partial charge in [-0.05, 0) is 81.7 Å². The fourth-order valence-corrected chi connectivity index (χ4v) is 9.25. The van der Waals surface area contributed by atoms with Crippen LogP contribution in [0.3, 0.4) is 0 Å². The third kappa shape index (κ3) is 4.28. The molecule has 0 unspecified atom stereocenters. The summed E-state index contributed by atoms with van der Waals surface area (Å²) in [7, 11) is 0. The van der Waals surface area contributed by atoms with Crippen molar-refractivity contribution >= 4 is 93.4 Å². The number of anilines is 3. The first-order valence-corrected chi connectivity index (χ1v) is 19.2. The van der Waals surface area contributed by atoms with E-state index in [0.717, 1.165) is 77.4 Å². The second kappa shape index (κ2) is 11.4. The summed E-state index contributed by atoms with van der Waals surface area (Å²) in [6.45, 7) is 0. The first-order valence-electron chi connectivity index (χ1n) is 19.2. The molecule has 0 atom stereocenters. The molecule has 13 rings (SSSR count). The van der Waals surface area contributed by atoms with Gasteiger partial charge in [-0.3, -0.25) is 0 Å². The van der Waals surface area contributed by atoms with Crippen LogP contribution in [0.4, 0.5) is 17.1 Å². The maximum Gasteiger partial charge on any atom is 0.180 e. The molecule has 0 fully saturated rings. The highest BCUT2D eigenvalue weighted by Crippen LogP contribution is 2.53. The molecule has 57 heavy (non-hydrogen) atoms. The van der Waals surface area contributed by atoms with Crippen LogP contribution in [0.15, 0.2) is 185 Å². The zero-order valence-corrected chi connectivity index (χ0v) is 30.4. The highest BCUT2D eigenvalue weighted by Gasteiger charge is 2.29. The third-order valence-electron chi connectivity index (χ3n) is 11.8. The molecule has 5 heteroatoms. The van der Waals surface area contributed by atoms with Crippen molar-refractivity contribution in [3.05, 3.63) is 176 Å². The summed E-state index contributed by atoms with van der Waals surface area (Å²) in [6, 6.07) is 62.1. The van der Waals surface area contributed by atoms with Crippen molar-refractivity contribution in [1.82, 2.24) is 9.97 Å². The number of rotatable bonds is 3. The van der Waals surface area contributed by atoms with Crippen LogP contribution in [0.2, 0.25) is 0 Å². The van der Waals surface area contributed by atoms with Crippen molar-refractivity contribution in [3.8, 4) is 33.8 Å². The van der Waals surface area contributed by atoms with Gasteiger partial charge in [-0.1, -0.05) is 121 Å².